The Labute approximate surface area is 139 Å². The van der Waals surface area contributed by atoms with Crippen molar-refractivity contribution < 1.29 is 9.32 Å². The second-order valence-corrected chi connectivity index (χ2v) is 7.57. The van der Waals surface area contributed by atoms with Gasteiger partial charge in [-0.05, 0) is 37.7 Å². The predicted molar refractivity (Wildman–Crippen MR) is 91.6 cm³/mol. The minimum Gasteiger partial charge on any atom is -0.339 e. The van der Waals surface area contributed by atoms with E-state index in [-0.39, 0.29) is 10.8 Å². The number of urea groups is 1. The van der Waals surface area contributed by atoms with Crippen LogP contribution in [0.15, 0.2) is 28.8 Å². The average Bonchev–Trinajstić information content (AvgIpc) is 3.15. The van der Waals surface area contributed by atoms with Crippen molar-refractivity contribution in [1.29, 1.82) is 0 Å². The zero-order chi connectivity index (χ0) is 16.3. The summed E-state index contributed by atoms with van der Waals surface area (Å²) < 4.78 is 5.16. The smallest absolute Gasteiger partial charge is 0.319 e. The maximum absolute atomic E-state index is 12.2. The highest BCUT2D eigenvalue weighted by atomic mass is 32.2. The number of hydrogen-bond donors (Lipinski definition) is 2. The van der Waals surface area contributed by atoms with Crippen molar-refractivity contribution in [3.63, 3.8) is 0 Å². The SMILES string of the molecule is Cc1nc(-c2ccccc2NC(=O)NC[C@@]2(C)CCCS2)no1. The Balaban J connectivity index is 1.67. The highest BCUT2D eigenvalue weighted by Crippen LogP contribution is 2.37. The third-order valence-corrected chi connectivity index (χ3v) is 5.41. The number of benzene rings is 1. The Morgan fingerprint density at radius 3 is 2.96 bits per heavy atom. The first-order valence-corrected chi connectivity index (χ1v) is 8.63. The standard InChI is InChI=1S/C16H20N4O2S/c1-11-18-14(20-22-11)12-6-3-4-7-13(12)19-15(21)17-10-16(2)8-5-9-23-16/h3-4,6-7H,5,8-10H2,1-2H3,(H2,17,19,21)/t16-/m1/s1. The van der Waals surface area contributed by atoms with E-state index in [4.69, 9.17) is 4.52 Å². The zero-order valence-corrected chi connectivity index (χ0v) is 14.1. The summed E-state index contributed by atoms with van der Waals surface area (Å²) in [6, 6.07) is 7.20. The molecule has 1 saturated heterocycles. The molecule has 2 amide bonds. The van der Waals surface area contributed by atoms with E-state index in [9.17, 15) is 4.79 Å². The van der Waals surface area contributed by atoms with E-state index in [0.29, 0.717) is 23.9 Å². The van der Waals surface area contributed by atoms with Gasteiger partial charge in [0, 0.05) is 23.8 Å². The summed E-state index contributed by atoms with van der Waals surface area (Å²) in [4.78, 5) is 16.4. The molecule has 1 aliphatic heterocycles. The molecule has 3 rings (SSSR count). The highest BCUT2D eigenvalue weighted by Gasteiger charge is 2.29. The van der Waals surface area contributed by atoms with Crippen molar-refractivity contribution in [1.82, 2.24) is 15.5 Å². The Hall–Kier alpha value is -2.02. The molecule has 0 spiro atoms. The maximum Gasteiger partial charge on any atom is 0.319 e. The minimum atomic E-state index is -0.216. The van der Waals surface area contributed by atoms with Crippen LogP contribution in [0.3, 0.4) is 0 Å². The van der Waals surface area contributed by atoms with E-state index >= 15 is 0 Å². The van der Waals surface area contributed by atoms with Gasteiger partial charge in [-0.2, -0.15) is 16.7 Å². The summed E-state index contributed by atoms with van der Waals surface area (Å²) in [5.41, 5.74) is 1.40. The van der Waals surface area contributed by atoms with E-state index in [1.165, 1.54) is 12.2 Å². The van der Waals surface area contributed by atoms with Crippen LogP contribution in [0.2, 0.25) is 0 Å². The highest BCUT2D eigenvalue weighted by molar-refractivity contribution is 8.00. The fourth-order valence-electron chi connectivity index (χ4n) is 2.61. The number of para-hydroxylation sites is 1. The number of hydrogen-bond acceptors (Lipinski definition) is 5. The largest absolute Gasteiger partial charge is 0.339 e. The molecule has 1 atom stereocenters. The molecule has 2 heterocycles. The van der Waals surface area contributed by atoms with Gasteiger partial charge in [0.1, 0.15) is 0 Å². The van der Waals surface area contributed by atoms with Crippen LogP contribution in [0.5, 0.6) is 0 Å². The van der Waals surface area contributed by atoms with E-state index in [0.717, 1.165) is 12.0 Å². The lowest BCUT2D eigenvalue weighted by atomic mass is 10.1. The van der Waals surface area contributed by atoms with Gasteiger partial charge in [0.25, 0.3) is 0 Å². The second-order valence-electron chi connectivity index (χ2n) is 5.89. The summed E-state index contributed by atoms with van der Waals surface area (Å²) in [7, 11) is 0. The molecule has 0 saturated carbocycles. The summed E-state index contributed by atoms with van der Waals surface area (Å²) in [5.74, 6) is 2.13. The number of carbonyl (C=O) groups is 1. The fourth-order valence-corrected chi connectivity index (χ4v) is 3.85. The predicted octanol–water partition coefficient (Wildman–Crippen LogP) is 3.45. The van der Waals surface area contributed by atoms with Gasteiger partial charge in [-0.15, -0.1) is 0 Å². The molecule has 0 aliphatic carbocycles. The van der Waals surface area contributed by atoms with Crippen molar-refractivity contribution >= 4 is 23.5 Å². The molecule has 1 fully saturated rings. The van der Waals surface area contributed by atoms with Crippen molar-refractivity contribution in [3.05, 3.63) is 30.2 Å². The van der Waals surface area contributed by atoms with Crippen molar-refractivity contribution in [2.45, 2.75) is 31.4 Å². The van der Waals surface area contributed by atoms with E-state index in [2.05, 4.69) is 27.7 Å². The second kappa shape index (κ2) is 6.62. The number of nitrogens with one attached hydrogen (secondary N) is 2. The topological polar surface area (TPSA) is 80.0 Å². The molecule has 2 aromatic rings. The number of rotatable bonds is 4. The van der Waals surface area contributed by atoms with Crippen LogP contribution in [-0.4, -0.2) is 33.2 Å². The minimum absolute atomic E-state index is 0.141. The molecule has 0 radical (unpaired) electrons. The quantitative estimate of drug-likeness (QED) is 0.896. The average molecular weight is 332 g/mol. The maximum atomic E-state index is 12.2. The van der Waals surface area contributed by atoms with Gasteiger partial charge in [-0.3, -0.25) is 0 Å². The molecule has 0 unspecified atom stereocenters. The third-order valence-electron chi connectivity index (χ3n) is 3.87. The van der Waals surface area contributed by atoms with Crippen LogP contribution in [-0.2, 0) is 0 Å². The first kappa shape index (κ1) is 15.9. The van der Waals surface area contributed by atoms with Gasteiger partial charge >= 0.3 is 6.03 Å². The van der Waals surface area contributed by atoms with E-state index < -0.39 is 0 Å². The molecule has 122 valence electrons. The lowest BCUT2D eigenvalue weighted by molar-refractivity contribution is 0.251. The van der Waals surface area contributed by atoms with Crippen LogP contribution in [0.25, 0.3) is 11.4 Å². The zero-order valence-electron chi connectivity index (χ0n) is 13.3. The number of aromatic nitrogens is 2. The Bertz CT molecular complexity index is 695. The van der Waals surface area contributed by atoms with Crippen LogP contribution < -0.4 is 10.6 Å². The van der Waals surface area contributed by atoms with Crippen LogP contribution >= 0.6 is 11.8 Å². The molecule has 0 bridgehead atoms. The molecule has 1 aliphatic rings. The number of thioether (sulfide) groups is 1. The summed E-state index contributed by atoms with van der Waals surface area (Å²) in [5, 5.41) is 9.75. The van der Waals surface area contributed by atoms with Crippen LogP contribution in [0.4, 0.5) is 10.5 Å². The Morgan fingerprint density at radius 1 is 1.43 bits per heavy atom. The van der Waals surface area contributed by atoms with Gasteiger partial charge in [-0.1, -0.05) is 17.3 Å². The first-order chi connectivity index (χ1) is 11.1. The lowest BCUT2D eigenvalue weighted by Gasteiger charge is -2.23. The lowest BCUT2D eigenvalue weighted by Crippen LogP contribution is -2.39. The van der Waals surface area contributed by atoms with Crippen molar-refractivity contribution in [2.24, 2.45) is 0 Å². The molecule has 7 heteroatoms. The number of amides is 2. The summed E-state index contributed by atoms with van der Waals surface area (Å²) in [6.45, 7) is 4.59. The fraction of sp³-hybridized carbons (Fsp3) is 0.438. The molecule has 2 N–H and O–H groups in total. The third kappa shape index (κ3) is 3.85. The number of aryl methyl sites for hydroxylation is 1. The van der Waals surface area contributed by atoms with Gasteiger partial charge in [0.15, 0.2) is 0 Å². The number of nitrogens with zero attached hydrogens (tertiary/aromatic N) is 2. The van der Waals surface area contributed by atoms with Gasteiger partial charge in [0.05, 0.1) is 5.69 Å². The van der Waals surface area contributed by atoms with Gasteiger partial charge < -0.3 is 15.2 Å². The first-order valence-electron chi connectivity index (χ1n) is 7.64. The molecule has 6 nitrogen and oxygen atoms in total. The molecular weight excluding hydrogens is 312 g/mol. The number of anilines is 1. The van der Waals surface area contributed by atoms with Crippen molar-refractivity contribution in [2.75, 3.05) is 17.6 Å². The Kier molecular flexibility index (Phi) is 4.56. The molecule has 23 heavy (non-hydrogen) atoms. The van der Waals surface area contributed by atoms with Crippen LogP contribution in [0, 0.1) is 6.92 Å². The van der Waals surface area contributed by atoms with Gasteiger partial charge in [0.2, 0.25) is 11.7 Å². The Morgan fingerprint density at radius 2 is 2.26 bits per heavy atom. The number of carbonyl (C=O) groups excluding carboxylic acids is 1. The van der Waals surface area contributed by atoms with E-state index in [1.54, 1.807) is 6.92 Å². The van der Waals surface area contributed by atoms with E-state index in [1.807, 2.05) is 36.0 Å². The van der Waals surface area contributed by atoms with Gasteiger partial charge in [-0.25, -0.2) is 4.79 Å². The monoisotopic (exact) mass is 332 g/mol. The summed E-state index contributed by atoms with van der Waals surface area (Å²) >= 11 is 1.92. The summed E-state index contributed by atoms with van der Waals surface area (Å²) in [6.07, 6.45) is 2.35. The van der Waals surface area contributed by atoms with Crippen molar-refractivity contribution in [3.8, 4) is 11.4 Å². The normalized spacial score (nSPS) is 20.4. The molecular formula is C16H20N4O2S. The molecule has 1 aromatic carbocycles. The molecule has 1 aromatic heterocycles. The van der Waals surface area contributed by atoms with Crippen LogP contribution in [0.1, 0.15) is 25.7 Å².